The van der Waals surface area contributed by atoms with Crippen LogP contribution in [0.1, 0.15) is 24.8 Å². The van der Waals surface area contributed by atoms with Gasteiger partial charge in [0, 0.05) is 6.20 Å². The van der Waals surface area contributed by atoms with Gasteiger partial charge >= 0.3 is 0 Å². The van der Waals surface area contributed by atoms with Crippen molar-refractivity contribution in [3.63, 3.8) is 0 Å². The van der Waals surface area contributed by atoms with E-state index < -0.39 is 0 Å². The molecule has 1 aromatic heterocycles. The van der Waals surface area contributed by atoms with Crippen molar-refractivity contribution in [2.75, 3.05) is 13.1 Å². The van der Waals surface area contributed by atoms with E-state index in [1.807, 2.05) is 47.4 Å². The van der Waals surface area contributed by atoms with Crippen molar-refractivity contribution in [3.8, 4) is 5.75 Å². The Morgan fingerprint density at radius 3 is 2.68 bits per heavy atom. The second-order valence-electron chi connectivity index (χ2n) is 5.54. The van der Waals surface area contributed by atoms with Crippen molar-refractivity contribution >= 4 is 5.91 Å². The minimum atomic E-state index is -0.0551. The predicted molar refractivity (Wildman–Crippen MR) is 84.7 cm³/mol. The van der Waals surface area contributed by atoms with Gasteiger partial charge in [-0.05, 0) is 24.1 Å². The summed E-state index contributed by atoms with van der Waals surface area (Å²) in [6.45, 7) is 3.35. The Balaban J connectivity index is 1.56. The molecule has 3 rings (SSSR count). The first-order valence-corrected chi connectivity index (χ1v) is 7.68. The lowest BCUT2D eigenvalue weighted by molar-refractivity contribution is -0.141. The average molecular weight is 296 g/mol. The molecule has 0 spiro atoms. The van der Waals surface area contributed by atoms with E-state index in [1.165, 1.54) is 0 Å². The van der Waals surface area contributed by atoms with Crippen LogP contribution in [0.2, 0.25) is 0 Å². The minimum absolute atomic E-state index is 0.0551. The van der Waals surface area contributed by atoms with E-state index >= 15 is 0 Å². The zero-order valence-electron chi connectivity index (χ0n) is 12.7. The van der Waals surface area contributed by atoms with E-state index in [0.29, 0.717) is 13.1 Å². The fourth-order valence-corrected chi connectivity index (χ4v) is 2.76. The van der Waals surface area contributed by atoms with E-state index in [4.69, 9.17) is 4.74 Å². The molecule has 0 bridgehead atoms. The number of carbonyl (C=O) groups is 1. The number of benzene rings is 1. The Bertz CT molecular complexity index is 609. The van der Waals surface area contributed by atoms with Gasteiger partial charge in [0.1, 0.15) is 11.9 Å². The summed E-state index contributed by atoms with van der Waals surface area (Å²) in [6.07, 6.45) is 4.30. The van der Waals surface area contributed by atoms with Crippen LogP contribution >= 0.6 is 0 Å². The summed E-state index contributed by atoms with van der Waals surface area (Å²) < 4.78 is 5.79. The molecule has 0 N–H and O–H groups in total. The molecule has 1 unspecified atom stereocenters. The van der Waals surface area contributed by atoms with Crippen molar-refractivity contribution in [1.29, 1.82) is 0 Å². The molecule has 1 atom stereocenters. The van der Waals surface area contributed by atoms with E-state index in [-0.39, 0.29) is 17.9 Å². The van der Waals surface area contributed by atoms with Gasteiger partial charge in [0.15, 0.2) is 0 Å². The maximum atomic E-state index is 12.6. The second kappa shape index (κ2) is 6.60. The van der Waals surface area contributed by atoms with Crippen molar-refractivity contribution in [3.05, 3.63) is 60.4 Å². The van der Waals surface area contributed by atoms with E-state index in [0.717, 1.165) is 17.7 Å². The van der Waals surface area contributed by atoms with Gasteiger partial charge in [0.2, 0.25) is 5.91 Å². The van der Waals surface area contributed by atoms with E-state index in [2.05, 4.69) is 11.9 Å². The molecule has 4 nitrogen and oxygen atoms in total. The fraction of sp³-hybridized carbons (Fsp3) is 0.333. The maximum Gasteiger partial charge on any atom is 0.230 e. The topological polar surface area (TPSA) is 42.4 Å². The highest BCUT2D eigenvalue weighted by Crippen LogP contribution is 2.26. The third-order valence-corrected chi connectivity index (χ3v) is 4.01. The molecule has 0 radical (unpaired) electrons. The van der Waals surface area contributed by atoms with Gasteiger partial charge in [-0.25, -0.2) is 0 Å². The van der Waals surface area contributed by atoms with Gasteiger partial charge in [-0.3, -0.25) is 9.78 Å². The normalized spacial score (nSPS) is 16.0. The smallest absolute Gasteiger partial charge is 0.230 e. The van der Waals surface area contributed by atoms with Crippen molar-refractivity contribution in [1.82, 2.24) is 9.88 Å². The molecule has 1 aliphatic heterocycles. The molecule has 1 saturated heterocycles. The first-order chi connectivity index (χ1) is 10.8. The lowest BCUT2D eigenvalue weighted by Gasteiger charge is -2.40. The number of hydrogen-bond acceptors (Lipinski definition) is 3. The predicted octanol–water partition coefficient (Wildman–Crippen LogP) is 2.87. The molecule has 2 aromatic rings. The zero-order chi connectivity index (χ0) is 15.4. The van der Waals surface area contributed by atoms with E-state index in [9.17, 15) is 4.79 Å². The molecule has 4 heteroatoms. The Kier molecular flexibility index (Phi) is 4.37. The van der Waals surface area contributed by atoms with Gasteiger partial charge in [-0.15, -0.1) is 0 Å². The maximum absolute atomic E-state index is 12.6. The number of pyridine rings is 1. The summed E-state index contributed by atoms with van der Waals surface area (Å²) >= 11 is 0. The summed E-state index contributed by atoms with van der Waals surface area (Å²) in [7, 11) is 0. The molecule has 114 valence electrons. The van der Waals surface area contributed by atoms with Crippen LogP contribution in [0.5, 0.6) is 5.75 Å². The molecular formula is C18H20N2O2. The van der Waals surface area contributed by atoms with Crippen LogP contribution in [0.25, 0.3) is 0 Å². The molecule has 1 fully saturated rings. The molecule has 0 aliphatic carbocycles. The van der Waals surface area contributed by atoms with E-state index in [1.54, 1.807) is 12.4 Å². The molecule has 2 heterocycles. The number of rotatable bonds is 5. The van der Waals surface area contributed by atoms with Crippen LogP contribution < -0.4 is 4.74 Å². The molecule has 1 aliphatic rings. The molecule has 1 amide bonds. The Labute approximate surface area is 130 Å². The number of hydrogen-bond donors (Lipinski definition) is 0. The SMILES string of the molecule is CCC(C(=O)N1CC(Oc2cccnc2)C1)c1ccccc1. The average Bonchev–Trinajstić information content (AvgIpc) is 2.53. The highest BCUT2D eigenvalue weighted by molar-refractivity contribution is 5.84. The van der Waals surface area contributed by atoms with Crippen LogP contribution in [0, 0.1) is 0 Å². The van der Waals surface area contributed by atoms with Crippen LogP contribution in [0.3, 0.4) is 0 Å². The van der Waals surface area contributed by atoms with Crippen molar-refractivity contribution in [2.24, 2.45) is 0 Å². The minimum Gasteiger partial charge on any atom is -0.485 e. The van der Waals surface area contributed by atoms with Crippen molar-refractivity contribution in [2.45, 2.75) is 25.4 Å². The summed E-state index contributed by atoms with van der Waals surface area (Å²) in [5, 5.41) is 0. The first kappa shape index (κ1) is 14.6. The van der Waals surface area contributed by atoms with Crippen molar-refractivity contribution < 1.29 is 9.53 Å². The highest BCUT2D eigenvalue weighted by Gasteiger charge is 2.35. The van der Waals surface area contributed by atoms with Crippen LogP contribution in [0.15, 0.2) is 54.9 Å². The Morgan fingerprint density at radius 2 is 2.05 bits per heavy atom. The summed E-state index contributed by atoms with van der Waals surface area (Å²) in [6, 6.07) is 13.7. The van der Waals surface area contributed by atoms with Crippen LogP contribution in [-0.4, -0.2) is 35.0 Å². The quantitative estimate of drug-likeness (QED) is 0.852. The first-order valence-electron chi connectivity index (χ1n) is 7.68. The second-order valence-corrected chi connectivity index (χ2v) is 5.54. The standard InChI is InChI=1S/C18H20N2O2/c1-2-17(14-7-4-3-5-8-14)18(21)20-12-16(13-20)22-15-9-6-10-19-11-15/h3-11,16-17H,2,12-13H2,1H3. The summed E-state index contributed by atoms with van der Waals surface area (Å²) in [4.78, 5) is 18.5. The zero-order valence-corrected chi connectivity index (χ0v) is 12.7. The number of ether oxygens (including phenoxy) is 1. The number of nitrogens with zero attached hydrogens (tertiary/aromatic N) is 2. The molecular weight excluding hydrogens is 276 g/mol. The Hall–Kier alpha value is -2.36. The fourth-order valence-electron chi connectivity index (χ4n) is 2.76. The molecule has 22 heavy (non-hydrogen) atoms. The number of carbonyl (C=O) groups excluding carboxylic acids is 1. The van der Waals surface area contributed by atoms with Gasteiger partial charge in [-0.1, -0.05) is 37.3 Å². The van der Waals surface area contributed by atoms with Gasteiger partial charge < -0.3 is 9.64 Å². The number of likely N-dealkylation sites (tertiary alicyclic amines) is 1. The Morgan fingerprint density at radius 1 is 1.27 bits per heavy atom. The number of amides is 1. The molecule has 1 aromatic carbocycles. The largest absolute Gasteiger partial charge is 0.485 e. The molecule has 0 saturated carbocycles. The lowest BCUT2D eigenvalue weighted by Crippen LogP contribution is -2.57. The monoisotopic (exact) mass is 296 g/mol. The highest BCUT2D eigenvalue weighted by atomic mass is 16.5. The number of aromatic nitrogens is 1. The van der Waals surface area contributed by atoms with Gasteiger partial charge in [-0.2, -0.15) is 0 Å². The van der Waals surface area contributed by atoms with Crippen LogP contribution in [-0.2, 0) is 4.79 Å². The third kappa shape index (κ3) is 3.11. The van der Waals surface area contributed by atoms with Gasteiger partial charge in [0.25, 0.3) is 0 Å². The third-order valence-electron chi connectivity index (χ3n) is 4.01. The summed E-state index contributed by atoms with van der Waals surface area (Å²) in [5.74, 6) is 0.898. The van der Waals surface area contributed by atoms with Crippen LogP contribution in [0.4, 0.5) is 0 Å². The summed E-state index contributed by atoms with van der Waals surface area (Å²) in [5.41, 5.74) is 1.09. The lowest BCUT2D eigenvalue weighted by atomic mass is 9.93. The van der Waals surface area contributed by atoms with Gasteiger partial charge in [0.05, 0.1) is 25.2 Å².